The zero-order valence-corrected chi connectivity index (χ0v) is 13.9. The number of benzene rings is 1. The Bertz CT molecular complexity index is 872. The molecule has 0 N–H and O–H groups in total. The van der Waals surface area contributed by atoms with Gasteiger partial charge in [-0.25, -0.2) is 4.68 Å². The summed E-state index contributed by atoms with van der Waals surface area (Å²) in [6.45, 7) is 3.27. The lowest BCUT2D eigenvalue weighted by Gasteiger charge is -2.16. The minimum atomic E-state index is 0.0490. The van der Waals surface area contributed by atoms with Gasteiger partial charge in [0.2, 0.25) is 0 Å². The highest BCUT2D eigenvalue weighted by atomic mass is 16.5. The van der Waals surface area contributed by atoms with E-state index in [-0.39, 0.29) is 11.9 Å². The van der Waals surface area contributed by atoms with E-state index in [1.54, 1.807) is 10.9 Å². The van der Waals surface area contributed by atoms with Crippen molar-refractivity contribution in [2.45, 2.75) is 25.8 Å². The molecule has 1 aromatic carbocycles. The number of hydrogen-bond acceptors (Lipinski definition) is 6. The molecule has 1 aliphatic heterocycles. The van der Waals surface area contributed by atoms with E-state index in [4.69, 9.17) is 4.52 Å². The standard InChI is InChI=1S/C17H18N6O2/c1-2-15-18-16(25-20-15)14-11-23(21-19-14)13-8-9-22(10-13)17(24)12-6-4-3-5-7-12/h3-7,11,13H,2,8-10H2,1H3/t13-/m1/s1. The van der Waals surface area contributed by atoms with E-state index in [9.17, 15) is 4.79 Å². The Morgan fingerprint density at radius 3 is 2.92 bits per heavy atom. The quantitative estimate of drug-likeness (QED) is 0.722. The van der Waals surface area contributed by atoms with Gasteiger partial charge >= 0.3 is 0 Å². The number of nitrogens with zero attached hydrogens (tertiary/aromatic N) is 6. The number of aromatic nitrogens is 5. The normalized spacial score (nSPS) is 17.2. The van der Waals surface area contributed by atoms with Gasteiger partial charge in [0.25, 0.3) is 11.8 Å². The van der Waals surface area contributed by atoms with Crippen LogP contribution in [0.3, 0.4) is 0 Å². The van der Waals surface area contributed by atoms with Crippen LogP contribution in [0, 0.1) is 0 Å². The monoisotopic (exact) mass is 338 g/mol. The van der Waals surface area contributed by atoms with Crippen molar-refractivity contribution in [3.63, 3.8) is 0 Å². The van der Waals surface area contributed by atoms with Crippen molar-refractivity contribution in [2.24, 2.45) is 0 Å². The molecular weight excluding hydrogens is 320 g/mol. The lowest BCUT2D eigenvalue weighted by molar-refractivity contribution is 0.0787. The number of rotatable bonds is 4. The lowest BCUT2D eigenvalue weighted by atomic mass is 10.2. The molecule has 0 bridgehead atoms. The average molecular weight is 338 g/mol. The van der Waals surface area contributed by atoms with Gasteiger partial charge < -0.3 is 9.42 Å². The molecule has 0 aliphatic carbocycles. The van der Waals surface area contributed by atoms with Gasteiger partial charge in [-0.2, -0.15) is 4.98 Å². The first-order valence-corrected chi connectivity index (χ1v) is 8.33. The molecule has 1 fully saturated rings. The van der Waals surface area contributed by atoms with Crippen LogP contribution in [0.25, 0.3) is 11.6 Å². The van der Waals surface area contributed by atoms with Gasteiger partial charge in [-0.3, -0.25) is 4.79 Å². The Labute approximate surface area is 144 Å². The maximum Gasteiger partial charge on any atom is 0.280 e. The fraction of sp³-hybridized carbons (Fsp3) is 0.353. The first kappa shape index (κ1) is 15.5. The Morgan fingerprint density at radius 1 is 1.32 bits per heavy atom. The molecule has 3 aromatic rings. The van der Waals surface area contributed by atoms with Crippen molar-refractivity contribution in [2.75, 3.05) is 13.1 Å². The third-order valence-corrected chi connectivity index (χ3v) is 4.36. The predicted octanol–water partition coefficient (Wildman–Crippen LogP) is 1.98. The van der Waals surface area contributed by atoms with Crippen LogP contribution >= 0.6 is 0 Å². The SMILES string of the molecule is CCc1noc(-c2cn([C@@H]3CCN(C(=O)c4ccccc4)C3)nn2)n1. The van der Waals surface area contributed by atoms with Gasteiger partial charge in [0, 0.05) is 25.1 Å². The molecule has 25 heavy (non-hydrogen) atoms. The summed E-state index contributed by atoms with van der Waals surface area (Å²) in [5, 5.41) is 12.2. The van der Waals surface area contributed by atoms with E-state index in [1.807, 2.05) is 42.2 Å². The molecule has 0 saturated carbocycles. The molecule has 128 valence electrons. The van der Waals surface area contributed by atoms with Gasteiger partial charge in [-0.05, 0) is 18.6 Å². The summed E-state index contributed by atoms with van der Waals surface area (Å²) in [4.78, 5) is 18.6. The Kier molecular flexibility index (Phi) is 4.01. The topological polar surface area (TPSA) is 89.9 Å². The fourth-order valence-corrected chi connectivity index (χ4v) is 2.96. The van der Waals surface area contributed by atoms with Crippen LogP contribution in [-0.4, -0.2) is 49.0 Å². The number of carbonyl (C=O) groups excluding carboxylic acids is 1. The van der Waals surface area contributed by atoms with Gasteiger partial charge in [-0.15, -0.1) is 5.10 Å². The van der Waals surface area contributed by atoms with Gasteiger partial charge in [-0.1, -0.05) is 35.5 Å². The lowest BCUT2D eigenvalue weighted by Crippen LogP contribution is -2.29. The molecule has 8 nitrogen and oxygen atoms in total. The zero-order valence-electron chi connectivity index (χ0n) is 13.9. The molecule has 1 amide bonds. The van der Waals surface area contributed by atoms with Crippen molar-refractivity contribution < 1.29 is 9.32 Å². The van der Waals surface area contributed by atoms with Crippen LogP contribution in [0.5, 0.6) is 0 Å². The van der Waals surface area contributed by atoms with Crippen molar-refractivity contribution in [3.8, 4) is 11.6 Å². The molecule has 2 aromatic heterocycles. The van der Waals surface area contributed by atoms with Crippen LogP contribution in [0.4, 0.5) is 0 Å². The smallest absolute Gasteiger partial charge is 0.280 e. The summed E-state index contributed by atoms with van der Waals surface area (Å²) in [5.41, 5.74) is 1.26. The molecule has 1 atom stereocenters. The highest BCUT2D eigenvalue weighted by Crippen LogP contribution is 2.24. The van der Waals surface area contributed by atoms with E-state index in [0.29, 0.717) is 42.5 Å². The van der Waals surface area contributed by atoms with E-state index in [2.05, 4.69) is 20.5 Å². The molecular formula is C17H18N6O2. The summed E-state index contributed by atoms with van der Waals surface area (Å²) < 4.78 is 6.97. The second-order valence-electron chi connectivity index (χ2n) is 6.01. The number of carbonyl (C=O) groups is 1. The van der Waals surface area contributed by atoms with Gasteiger partial charge in [0.05, 0.1) is 12.2 Å². The Morgan fingerprint density at radius 2 is 2.16 bits per heavy atom. The highest BCUT2D eigenvalue weighted by molar-refractivity contribution is 5.94. The highest BCUT2D eigenvalue weighted by Gasteiger charge is 2.29. The Balaban J connectivity index is 1.46. The fourth-order valence-electron chi connectivity index (χ4n) is 2.96. The molecule has 0 unspecified atom stereocenters. The maximum atomic E-state index is 12.5. The number of likely N-dealkylation sites (tertiary alicyclic amines) is 1. The summed E-state index contributed by atoms with van der Waals surface area (Å²) in [6.07, 6.45) is 3.34. The largest absolute Gasteiger partial charge is 0.336 e. The first-order valence-electron chi connectivity index (χ1n) is 8.33. The summed E-state index contributed by atoms with van der Waals surface area (Å²) in [5.74, 6) is 1.07. The van der Waals surface area contributed by atoms with Crippen LogP contribution in [0.15, 0.2) is 41.1 Å². The van der Waals surface area contributed by atoms with Crippen molar-refractivity contribution in [1.29, 1.82) is 0 Å². The molecule has 0 radical (unpaired) electrons. The van der Waals surface area contributed by atoms with Crippen LogP contribution < -0.4 is 0 Å². The predicted molar refractivity (Wildman–Crippen MR) is 88.7 cm³/mol. The molecule has 0 spiro atoms. The van der Waals surface area contributed by atoms with Crippen molar-refractivity contribution >= 4 is 5.91 Å². The third-order valence-electron chi connectivity index (χ3n) is 4.36. The zero-order chi connectivity index (χ0) is 17.2. The Hall–Kier alpha value is -3.03. The van der Waals surface area contributed by atoms with E-state index in [0.717, 1.165) is 6.42 Å². The van der Waals surface area contributed by atoms with Crippen molar-refractivity contribution in [3.05, 3.63) is 47.9 Å². The average Bonchev–Trinajstić information content (AvgIpc) is 3.40. The summed E-state index contributed by atoms with van der Waals surface area (Å²) in [7, 11) is 0. The minimum absolute atomic E-state index is 0.0490. The second-order valence-corrected chi connectivity index (χ2v) is 6.01. The molecule has 4 rings (SSSR count). The van der Waals surface area contributed by atoms with Crippen LogP contribution in [-0.2, 0) is 6.42 Å². The summed E-state index contributed by atoms with van der Waals surface area (Å²) in [6, 6.07) is 9.43. The maximum absolute atomic E-state index is 12.5. The first-order chi connectivity index (χ1) is 12.2. The number of amides is 1. The summed E-state index contributed by atoms with van der Waals surface area (Å²) >= 11 is 0. The minimum Gasteiger partial charge on any atom is -0.336 e. The van der Waals surface area contributed by atoms with Gasteiger partial charge in [0.1, 0.15) is 0 Å². The number of aryl methyl sites for hydroxylation is 1. The molecule has 1 saturated heterocycles. The molecule has 8 heteroatoms. The van der Waals surface area contributed by atoms with E-state index in [1.165, 1.54) is 0 Å². The van der Waals surface area contributed by atoms with Gasteiger partial charge in [0.15, 0.2) is 11.5 Å². The second kappa shape index (κ2) is 6.46. The van der Waals surface area contributed by atoms with E-state index >= 15 is 0 Å². The van der Waals surface area contributed by atoms with Crippen LogP contribution in [0.2, 0.25) is 0 Å². The van der Waals surface area contributed by atoms with Crippen molar-refractivity contribution in [1.82, 2.24) is 30.0 Å². The van der Waals surface area contributed by atoms with E-state index < -0.39 is 0 Å². The number of hydrogen-bond donors (Lipinski definition) is 0. The molecule has 1 aliphatic rings. The van der Waals surface area contributed by atoms with Crippen LogP contribution in [0.1, 0.15) is 35.6 Å². The third kappa shape index (κ3) is 3.02. The molecule has 3 heterocycles.